The van der Waals surface area contributed by atoms with Gasteiger partial charge in [0.15, 0.2) is 0 Å². The van der Waals surface area contributed by atoms with E-state index < -0.39 is 16.0 Å². The van der Waals surface area contributed by atoms with Crippen molar-refractivity contribution in [2.45, 2.75) is 25.3 Å². The summed E-state index contributed by atoms with van der Waals surface area (Å²) in [4.78, 5) is 12.0. The number of ether oxygens (including phenoxy) is 1. The molecular formula is C18H21NO4S. The maximum Gasteiger partial charge on any atom is 0.321 e. The van der Waals surface area contributed by atoms with E-state index in [1.54, 1.807) is 31.2 Å². The number of rotatable bonds is 7. The number of esters is 1. The number of benzene rings is 2. The quantitative estimate of drug-likeness (QED) is 0.723. The Labute approximate surface area is 142 Å². The van der Waals surface area contributed by atoms with E-state index in [0.717, 1.165) is 15.4 Å². The topological polar surface area (TPSA) is 63.7 Å². The van der Waals surface area contributed by atoms with Crippen molar-refractivity contribution >= 4 is 16.0 Å². The SMILES string of the molecule is CCOC(=O)CN(Cc1ccccc1)S(=O)(=O)c1ccc(C)cc1. The number of aryl methyl sites for hydroxylation is 1. The minimum absolute atomic E-state index is 0.107. The van der Waals surface area contributed by atoms with Crippen molar-refractivity contribution in [3.05, 3.63) is 65.7 Å². The highest BCUT2D eigenvalue weighted by molar-refractivity contribution is 7.89. The molecule has 128 valence electrons. The first-order chi connectivity index (χ1) is 11.4. The Bertz CT molecular complexity index is 770. The zero-order valence-corrected chi connectivity index (χ0v) is 14.6. The van der Waals surface area contributed by atoms with Crippen LogP contribution < -0.4 is 0 Å². The second-order valence-electron chi connectivity index (χ2n) is 5.38. The van der Waals surface area contributed by atoms with Gasteiger partial charge < -0.3 is 4.74 Å². The Kier molecular flexibility index (Phi) is 6.11. The van der Waals surface area contributed by atoms with Crippen LogP contribution >= 0.6 is 0 Å². The Balaban J connectivity index is 2.32. The van der Waals surface area contributed by atoms with Crippen LogP contribution in [0.25, 0.3) is 0 Å². The fraction of sp³-hybridized carbons (Fsp3) is 0.278. The molecule has 0 atom stereocenters. The van der Waals surface area contributed by atoms with E-state index in [2.05, 4.69) is 0 Å². The third-order valence-electron chi connectivity index (χ3n) is 3.47. The molecule has 2 aromatic carbocycles. The highest BCUT2D eigenvalue weighted by atomic mass is 32.2. The summed E-state index contributed by atoms with van der Waals surface area (Å²) < 4.78 is 31.9. The van der Waals surface area contributed by atoms with E-state index in [1.807, 2.05) is 37.3 Å². The monoisotopic (exact) mass is 347 g/mol. The fourth-order valence-corrected chi connectivity index (χ4v) is 3.60. The molecule has 0 aromatic heterocycles. The first kappa shape index (κ1) is 18.2. The molecule has 0 aliphatic carbocycles. The average molecular weight is 347 g/mol. The molecule has 0 radical (unpaired) electrons. The predicted octanol–water partition coefficient (Wildman–Crippen LogP) is 2.75. The number of carbonyl (C=O) groups excluding carboxylic acids is 1. The van der Waals surface area contributed by atoms with Crippen LogP contribution in [0.2, 0.25) is 0 Å². The van der Waals surface area contributed by atoms with Gasteiger partial charge in [-0.1, -0.05) is 48.0 Å². The van der Waals surface area contributed by atoms with Crippen molar-refractivity contribution in [3.8, 4) is 0 Å². The van der Waals surface area contributed by atoms with Gasteiger partial charge in [0.05, 0.1) is 11.5 Å². The Morgan fingerprint density at radius 2 is 1.67 bits per heavy atom. The molecule has 0 amide bonds. The fourth-order valence-electron chi connectivity index (χ4n) is 2.22. The molecule has 0 bridgehead atoms. The third kappa shape index (κ3) is 4.66. The molecule has 0 heterocycles. The maximum atomic E-state index is 12.9. The van der Waals surface area contributed by atoms with Crippen LogP contribution in [0.15, 0.2) is 59.5 Å². The number of hydrogen-bond donors (Lipinski definition) is 0. The summed E-state index contributed by atoms with van der Waals surface area (Å²) in [6, 6.07) is 15.7. The Hall–Kier alpha value is -2.18. The van der Waals surface area contributed by atoms with Crippen LogP contribution in [-0.4, -0.2) is 31.8 Å². The van der Waals surface area contributed by atoms with Crippen LogP contribution in [0.5, 0.6) is 0 Å². The molecule has 5 nitrogen and oxygen atoms in total. The first-order valence-corrected chi connectivity index (χ1v) is 9.14. The van der Waals surface area contributed by atoms with Crippen molar-refractivity contribution in [1.82, 2.24) is 4.31 Å². The van der Waals surface area contributed by atoms with Gasteiger partial charge >= 0.3 is 5.97 Å². The molecule has 2 rings (SSSR count). The van der Waals surface area contributed by atoms with Crippen LogP contribution in [0.1, 0.15) is 18.1 Å². The first-order valence-electron chi connectivity index (χ1n) is 7.70. The van der Waals surface area contributed by atoms with Crippen molar-refractivity contribution in [3.63, 3.8) is 0 Å². The lowest BCUT2D eigenvalue weighted by molar-refractivity contribution is -0.143. The van der Waals surface area contributed by atoms with E-state index in [0.29, 0.717) is 0 Å². The molecule has 0 aliphatic heterocycles. The van der Waals surface area contributed by atoms with Crippen molar-refractivity contribution in [1.29, 1.82) is 0 Å². The number of carbonyl (C=O) groups is 1. The average Bonchev–Trinajstić information content (AvgIpc) is 2.56. The molecule has 0 fully saturated rings. The van der Waals surface area contributed by atoms with Gasteiger partial charge in [-0.15, -0.1) is 0 Å². The summed E-state index contributed by atoms with van der Waals surface area (Å²) in [6.07, 6.45) is 0. The van der Waals surface area contributed by atoms with Crippen molar-refractivity contribution in [2.75, 3.05) is 13.2 Å². The zero-order valence-electron chi connectivity index (χ0n) is 13.8. The summed E-state index contributed by atoms with van der Waals surface area (Å²) in [7, 11) is -3.80. The standard InChI is InChI=1S/C18H21NO4S/c1-3-23-18(20)14-19(13-16-7-5-4-6-8-16)24(21,22)17-11-9-15(2)10-12-17/h4-12H,3,13-14H2,1-2H3. The number of sulfonamides is 1. The molecule has 0 spiro atoms. The summed E-state index contributed by atoms with van der Waals surface area (Å²) in [6.45, 7) is 3.57. The van der Waals surface area contributed by atoms with Gasteiger partial charge in [-0.05, 0) is 31.5 Å². The Morgan fingerprint density at radius 1 is 1.04 bits per heavy atom. The molecular weight excluding hydrogens is 326 g/mol. The number of nitrogens with zero attached hydrogens (tertiary/aromatic N) is 1. The van der Waals surface area contributed by atoms with Gasteiger partial charge in [0.2, 0.25) is 10.0 Å². The van der Waals surface area contributed by atoms with Gasteiger partial charge in [0.25, 0.3) is 0 Å². The highest BCUT2D eigenvalue weighted by Gasteiger charge is 2.27. The van der Waals surface area contributed by atoms with Crippen molar-refractivity contribution in [2.24, 2.45) is 0 Å². The van der Waals surface area contributed by atoms with Gasteiger partial charge in [-0.25, -0.2) is 8.42 Å². The maximum absolute atomic E-state index is 12.9. The van der Waals surface area contributed by atoms with Gasteiger partial charge in [-0.2, -0.15) is 4.31 Å². The van der Waals surface area contributed by atoms with E-state index >= 15 is 0 Å². The molecule has 24 heavy (non-hydrogen) atoms. The van der Waals surface area contributed by atoms with Crippen LogP contribution in [-0.2, 0) is 26.1 Å². The van der Waals surface area contributed by atoms with E-state index in [1.165, 1.54) is 0 Å². The lowest BCUT2D eigenvalue weighted by Crippen LogP contribution is -2.36. The predicted molar refractivity (Wildman–Crippen MR) is 91.8 cm³/mol. The highest BCUT2D eigenvalue weighted by Crippen LogP contribution is 2.19. The minimum Gasteiger partial charge on any atom is -0.465 e. The van der Waals surface area contributed by atoms with Gasteiger partial charge in [0, 0.05) is 6.54 Å². The lowest BCUT2D eigenvalue weighted by Gasteiger charge is -2.21. The second kappa shape index (κ2) is 8.08. The van der Waals surface area contributed by atoms with Crippen LogP contribution in [0, 0.1) is 6.92 Å². The van der Waals surface area contributed by atoms with Gasteiger partial charge in [0.1, 0.15) is 6.54 Å². The zero-order chi connectivity index (χ0) is 17.6. The summed E-state index contributed by atoms with van der Waals surface area (Å²) in [5.74, 6) is -0.566. The van der Waals surface area contributed by atoms with Crippen LogP contribution in [0.3, 0.4) is 0 Å². The summed E-state index contributed by atoms with van der Waals surface area (Å²) in [5.41, 5.74) is 1.77. The third-order valence-corrected chi connectivity index (χ3v) is 5.28. The summed E-state index contributed by atoms with van der Waals surface area (Å²) in [5, 5.41) is 0. The van der Waals surface area contributed by atoms with Crippen molar-refractivity contribution < 1.29 is 17.9 Å². The molecule has 0 saturated heterocycles. The molecule has 0 unspecified atom stereocenters. The molecule has 6 heteroatoms. The molecule has 2 aromatic rings. The van der Waals surface area contributed by atoms with E-state index in [-0.39, 0.29) is 24.6 Å². The minimum atomic E-state index is -3.80. The summed E-state index contributed by atoms with van der Waals surface area (Å²) >= 11 is 0. The largest absolute Gasteiger partial charge is 0.465 e. The normalized spacial score (nSPS) is 11.5. The second-order valence-corrected chi connectivity index (χ2v) is 7.31. The van der Waals surface area contributed by atoms with E-state index in [9.17, 15) is 13.2 Å². The lowest BCUT2D eigenvalue weighted by atomic mass is 10.2. The number of hydrogen-bond acceptors (Lipinski definition) is 4. The smallest absolute Gasteiger partial charge is 0.321 e. The molecule has 0 saturated carbocycles. The van der Waals surface area contributed by atoms with Crippen LogP contribution in [0.4, 0.5) is 0 Å². The Morgan fingerprint density at radius 3 is 2.25 bits per heavy atom. The molecule has 0 N–H and O–H groups in total. The van der Waals surface area contributed by atoms with E-state index in [4.69, 9.17) is 4.74 Å². The molecule has 0 aliphatic rings. The van der Waals surface area contributed by atoms with Gasteiger partial charge in [-0.3, -0.25) is 4.79 Å².